The summed E-state index contributed by atoms with van der Waals surface area (Å²) in [5, 5.41) is 6.42. The van der Waals surface area contributed by atoms with Crippen LogP contribution in [0.25, 0.3) is 5.78 Å². The number of fused-ring (bicyclic) bond motifs is 2. The summed E-state index contributed by atoms with van der Waals surface area (Å²) >= 11 is 0. The average molecular weight is 392 g/mol. The van der Waals surface area contributed by atoms with Crippen LogP contribution in [0.5, 0.6) is 0 Å². The first-order valence-corrected chi connectivity index (χ1v) is 9.94. The van der Waals surface area contributed by atoms with E-state index in [2.05, 4.69) is 43.5 Å². The van der Waals surface area contributed by atoms with Crippen LogP contribution >= 0.6 is 0 Å². The summed E-state index contributed by atoms with van der Waals surface area (Å²) in [5.74, 6) is 1.36. The van der Waals surface area contributed by atoms with Gasteiger partial charge >= 0.3 is 6.03 Å². The standard InChI is InChI=1S/C20H24N8O/c1-13-10-26(8-6-21-13)17-3-5-22-18-16(17)4-7-28(18)20(29)25-15-9-23-19-24-14(2)11-27(19)12-15/h3,5,9,11-13,21H,4,6-8,10H2,1-2H3,(H,25,29)/t13-/m0/s1. The quantitative estimate of drug-likeness (QED) is 0.691. The Bertz CT molecular complexity index is 1080. The molecule has 2 N–H and O–H groups in total. The SMILES string of the molecule is Cc1cn2cc(NC(=O)N3CCc4c(N5CCN[C@@H](C)C5)ccnc43)cnc2n1. The largest absolute Gasteiger partial charge is 0.368 e. The molecule has 3 aromatic heterocycles. The normalized spacial score (nSPS) is 18.9. The van der Waals surface area contributed by atoms with Crippen LogP contribution in [0.1, 0.15) is 18.2 Å². The lowest BCUT2D eigenvalue weighted by Gasteiger charge is -2.34. The second-order valence-electron chi connectivity index (χ2n) is 7.70. The number of aromatic nitrogens is 4. The fraction of sp³-hybridized carbons (Fsp3) is 0.400. The molecule has 2 aliphatic heterocycles. The van der Waals surface area contributed by atoms with Crippen LogP contribution in [-0.4, -0.2) is 57.6 Å². The van der Waals surface area contributed by atoms with Crippen LogP contribution in [0.2, 0.25) is 0 Å². The second-order valence-corrected chi connectivity index (χ2v) is 7.70. The molecular formula is C20H24N8O. The molecule has 1 fully saturated rings. The first-order chi connectivity index (χ1) is 14.1. The Kier molecular flexibility index (Phi) is 4.31. The van der Waals surface area contributed by atoms with Gasteiger partial charge in [-0.1, -0.05) is 0 Å². The van der Waals surface area contributed by atoms with Gasteiger partial charge < -0.3 is 15.5 Å². The molecule has 0 saturated carbocycles. The maximum atomic E-state index is 13.0. The number of carbonyl (C=O) groups is 1. The van der Waals surface area contributed by atoms with E-state index in [9.17, 15) is 4.79 Å². The maximum absolute atomic E-state index is 13.0. The number of urea groups is 1. The average Bonchev–Trinajstić information content (AvgIpc) is 3.30. The molecule has 5 heterocycles. The number of amides is 2. The van der Waals surface area contributed by atoms with Crippen molar-refractivity contribution < 1.29 is 4.79 Å². The number of aryl methyl sites for hydroxylation is 1. The molecule has 0 bridgehead atoms. The minimum absolute atomic E-state index is 0.194. The van der Waals surface area contributed by atoms with Gasteiger partial charge in [-0.05, 0) is 26.3 Å². The first-order valence-electron chi connectivity index (χ1n) is 9.94. The molecule has 2 aliphatic rings. The number of nitrogens with one attached hydrogen (secondary N) is 2. The lowest BCUT2D eigenvalue weighted by atomic mass is 10.1. The van der Waals surface area contributed by atoms with E-state index >= 15 is 0 Å². The molecule has 0 aromatic carbocycles. The molecule has 0 unspecified atom stereocenters. The predicted octanol–water partition coefficient (Wildman–Crippen LogP) is 1.83. The van der Waals surface area contributed by atoms with Gasteiger partial charge in [0.2, 0.25) is 5.78 Å². The van der Waals surface area contributed by atoms with Crippen molar-refractivity contribution in [2.45, 2.75) is 26.3 Å². The molecule has 0 radical (unpaired) electrons. The van der Waals surface area contributed by atoms with Crippen molar-refractivity contribution in [1.29, 1.82) is 0 Å². The Balaban J connectivity index is 1.38. The predicted molar refractivity (Wildman–Crippen MR) is 112 cm³/mol. The van der Waals surface area contributed by atoms with Crippen LogP contribution in [0.3, 0.4) is 0 Å². The zero-order chi connectivity index (χ0) is 20.0. The van der Waals surface area contributed by atoms with E-state index in [1.807, 2.05) is 23.7 Å². The molecule has 9 nitrogen and oxygen atoms in total. The number of hydrogen-bond donors (Lipinski definition) is 2. The van der Waals surface area contributed by atoms with Gasteiger partial charge in [-0.3, -0.25) is 9.30 Å². The highest BCUT2D eigenvalue weighted by atomic mass is 16.2. The second kappa shape index (κ2) is 7.00. The molecule has 0 aliphatic carbocycles. The van der Waals surface area contributed by atoms with E-state index in [1.165, 1.54) is 5.69 Å². The molecule has 1 atom stereocenters. The minimum Gasteiger partial charge on any atom is -0.368 e. The summed E-state index contributed by atoms with van der Waals surface area (Å²) in [6.07, 6.45) is 7.94. The highest BCUT2D eigenvalue weighted by molar-refractivity contribution is 6.02. The Hall–Kier alpha value is -3.20. The number of imidazole rings is 1. The van der Waals surface area contributed by atoms with Crippen LogP contribution in [-0.2, 0) is 6.42 Å². The number of piperazine rings is 1. The maximum Gasteiger partial charge on any atom is 0.327 e. The van der Waals surface area contributed by atoms with Crippen molar-refractivity contribution in [3.8, 4) is 0 Å². The van der Waals surface area contributed by atoms with E-state index in [0.717, 1.165) is 43.1 Å². The van der Waals surface area contributed by atoms with Crippen LogP contribution in [0, 0.1) is 6.92 Å². The van der Waals surface area contributed by atoms with E-state index < -0.39 is 0 Å². The molecule has 150 valence electrons. The zero-order valence-corrected chi connectivity index (χ0v) is 16.6. The zero-order valence-electron chi connectivity index (χ0n) is 16.6. The lowest BCUT2D eigenvalue weighted by molar-refractivity contribution is 0.257. The van der Waals surface area contributed by atoms with Crippen molar-refractivity contribution in [3.05, 3.63) is 42.1 Å². The van der Waals surface area contributed by atoms with E-state index in [0.29, 0.717) is 24.1 Å². The monoisotopic (exact) mass is 392 g/mol. The molecule has 2 amide bonds. The van der Waals surface area contributed by atoms with Gasteiger partial charge in [0.25, 0.3) is 0 Å². The molecule has 5 rings (SSSR count). The summed E-state index contributed by atoms with van der Waals surface area (Å²) in [7, 11) is 0. The topological polar surface area (TPSA) is 90.7 Å². The summed E-state index contributed by atoms with van der Waals surface area (Å²) in [6.45, 7) is 7.61. The van der Waals surface area contributed by atoms with Gasteiger partial charge in [0, 0.05) is 62.1 Å². The van der Waals surface area contributed by atoms with Gasteiger partial charge in [0.1, 0.15) is 5.82 Å². The third-order valence-electron chi connectivity index (χ3n) is 5.49. The number of carbonyl (C=O) groups excluding carboxylic acids is 1. The molecule has 0 spiro atoms. The number of nitrogens with zero attached hydrogens (tertiary/aromatic N) is 6. The van der Waals surface area contributed by atoms with E-state index in [-0.39, 0.29) is 6.03 Å². The number of hydrogen-bond acceptors (Lipinski definition) is 6. The molecule has 3 aromatic rings. The van der Waals surface area contributed by atoms with Crippen molar-refractivity contribution in [2.75, 3.05) is 41.3 Å². The Morgan fingerprint density at radius 3 is 3.03 bits per heavy atom. The number of anilines is 3. The molecule has 29 heavy (non-hydrogen) atoms. The summed E-state index contributed by atoms with van der Waals surface area (Å²) in [4.78, 5) is 30.2. The molecule has 1 saturated heterocycles. The molecule has 9 heteroatoms. The highest BCUT2D eigenvalue weighted by Gasteiger charge is 2.30. The Morgan fingerprint density at radius 1 is 1.28 bits per heavy atom. The van der Waals surface area contributed by atoms with Crippen molar-refractivity contribution in [1.82, 2.24) is 24.7 Å². The smallest absolute Gasteiger partial charge is 0.327 e. The van der Waals surface area contributed by atoms with Gasteiger partial charge in [0.15, 0.2) is 0 Å². The fourth-order valence-electron chi connectivity index (χ4n) is 4.18. The molecular weight excluding hydrogens is 368 g/mol. The van der Waals surface area contributed by atoms with Gasteiger partial charge in [-0.25, -0.2) is 19.7 Å². The Labute approximate surface area is 168 Å². The van der Waals surface area contributed by atoms with Crippen molar-refractivity contribution in [2.24, 2.45) is 0 Å². The number of pyridine rings is 1. The van der Waals surface area contributed by atoms with Crippen molar-refractivity contribution >= 4 is 29.0 Å². The minimum atomic E-state index is -0.194. The van der Waals surface area contributed by atoms with Crippen LogP contribution in [0.15, 0.2) is 30.9 Å². The third-order valence-corrected chi connectivity index (χ3v) is 5.49. The van der Waals surface area contributed by atoms with Crippen molar-refractivity contribution in [3.63, 3.8) is 0 Å². The lowest BCUT2D eigenvalue weighted by Crippen LogP contribution is -2.49. The Morgan fingerprint density at radius 2 is 2.17 bits per heavy atom. The summed E-state index contributed by atoms with van der Waals surface area (Å²) in [6, 6.07) is 2.32. The highest BCUT2D eigenvalue weighted by Crippen LogP contribution is 2.34. The first kappa shape index (κ1) is 17.9. The third kappa shape index (κ3) is 3.27. The summed E-state index contributed by atoms with van der Waals surface area (Å²) in [5.41, 5.74) is 3.85. The van der Waals surface area contributed by atoms with Gasteiger partial charge in [0.05, 0.1) is 17.6 Å². The van der Waals surface area contributed by atoms with Crippen LogP contribution < -0.4 is 20.4 Å². The van der Waals surface area contributed by atoms with Crippen LogP contribution in [0.4, 0.5) is 22.0 Å². The number of rotatable bonds is 2. The summed E-state index contributed by atoms with van der Waals surface area (Å²) < 4.78 is 1.81. The van der Waals surface area contributed by atoms with E-state index in [4.69, 9.17) is 0 Å². The van der Waals surface area contributed by atoms with Gasteiger partial charge in [-0.2, -0.15) is 0 Å². The fourth-order valence-corrected chi connectivity index (χ4v) is 4.18. The van der Waals surface area contributed by atoms with Gasteiger partial charge in [-0.15, -0.1) is 0 Å². The van der Waals surface area contributed by atoms with E-state index in [1.54, 1.807) is 17.3 Å².